The lowest BCUT2D eigenvalue weighted by Crippen LogP contribution is -2.72. The molecule has 4 aromatic rings. The number of hydrogen-bond donors (Lipinski definition) is 0. The second-order valence-electron chi connectivity index (χ2n) is 6.64. The molecule has 0 aromatic heterocycles. The zero-order valence-corrected chi connectivity index (χ0v) is 18.9. The fraction of sp³-hybridized carbons (Fsp3) is 0. The Morgan fingerprint density at radius 3 is 1.21 bits per heavy atom. The third kappa shape index (κ3) is 4.10. The van der Waals surface area contributed by atoms with Gasteiger partial charge in [0.25, 0.3) is 8.32 Å². The predicted molar refractivity (Wildman–Crippen MR) is 124 cm³/mol. The molecule has 0 N–H and O–H groups in total. The highest BCUT2D eigenvalue weighted by atomic mass is 28.4. The molecule has 29 heavy (non-hydrogen) atoms. The van der Waals surface area contributed by atoms with Gasteiger partial charge in [-0.1, -0.05) is 121 Å². The summed E-state index contributed by atoms with van der Waals surface area (Å²) < 4.78 is 12.9. The second-order valence-corrected chi connectivity index (χ2v) is 12.5. The average molecular weight is 425 g/mol. The van der Waals surface area contributed by atoms with Crippen molar-refractivity contribution in [1.29, 1.82) is 0 Å². The highest BCUT2D eigenvalue weighted by Crippen LogP contribution is 2.12. The topological polar surface area (TPSA) is 18.5 Å². The van der Waals surface area contributed by atoms with Crippen LogP contribution in [0.1, 0.15) is 0 Å². The third-order valence-corrected chi connectivity index (χ3v) is 11.8. The molecule has 140 valence electrons. The molecular weight excluding hydrogens is 405 g/mol. The van der Waals surface area contributed by atoms with Gasteiger partial charge in [0, 0.05) is 0 Å². The minimum Gasteiger partial charge on any atom is -0.433 e. The van der Waals surface area contributed by atoms with E-state index in [1.807, 2.05) is 36.4 Å². The van der Waals surface area contributed by atoms with E-state index in [2.05, 4.69) is 95.4 Å². The minimum absolute atomic E-state index is 1.06. The summed E-state index contributed by atoms with van der Waals surface area (Å²) in [5.41, 5.74) is 0. The van der Waals surface area contributed by atoms with Crippen molar-refractivity contribution in [3.63, 3.8) is 0 Å². The number of hydrogen-bond acceptors (Lipinski definition) is 2. The van der Waals surface area contributed by atoms with Crippen LogP contribution in [0.2, 0.25) is 0 Å². The minimum atomic E-state index is -2.80. The van der Waals surface area contributed by atoms with Crippen molar-refractivity contribution in [1.82, 2.24) is 0 Å². The highest BCUT2D eigenvalue weighted by molar-refractivity contribution is 7.09. The van der Waals surface area contributed by atoms with Crippen LogP contribution in [0.25, 0.3) is 0 Å². The molecule has 0 fully saturated rings. The Morgan fingerprint density at radius 1 is 0.517 bits per heavy atom. The molecule has 0 saturated carbocycles. The summed E-state index contributed by atoms with van der Waals surface area (Å²) in [5, 5.41) is 4.64. The summed E-state index contributed by atoms with van der Waals surface area (Å²) in [6.07, 6.45) is 0. The van der Waals surface area contributed by atoms with Crippen molar-refractivity contribution in [2.45, 2.75) is 0 Å². The van der Waals surface area contributed by atoms with E-state index in [-0.39, 0.29) is 0 Å². The quantitative estimate of drug-likeness (QED) is 0.334. The van der Waals surface area contributed by atoms with Crippen molar-refractivity contribution >= 4 is 48.8 Å². The lowest BCUT2D eigenvalue weighted by molar-refractivity contribution is 0.471. The molecule has 0 amide bonds. The van der Waals surface area contributed by atoms with E-state index >= 15 is 0 Å². The first-order chi connectivity index (χ1) is 14.3. The Bertz CT molecular complexity index is 916. The highest BCUT2D eigenvalue weighted by Gasteiger charge is 2.44. The van der Waals surface area contributed by atoms with Gasteiger partial charge in [0.2, 0.25) is 10.5 Å². The van der Waals surface area contributed by atoms with Crippen LogP contribution in [0.5, 0.6) is 0 Å². The molecule has 5 heteroatoms. The molecule has 0 aliphatic carbocycles. The Hall–Kier alpha value is -2.55. The Labute approximate surface area is 178 Å². The Balaban J connectivity index is 1.95. The lowest BCUT2D eigenvalue weighted by atomic mass is 10.3. The Morgan fingerprint density at radius 2 is 0.862 bits per heavy atom. The summed E-state index contributed by atoms with van der Waals surface area (Å²) >= 11 is 0. The van der Waals surface area contributed by atoms with Crippen molar-refractivity contribution in [3.8, 4) is 0 Å². The first-order valence-corrected chi connectivity index (χ1v) is 13.1. The molecule has 0 atom stereocenters. The molecular formula is C24H20O2Si3. The monoisotopic (exact) mass is 424 g/mol. The zero-order valence-electron chi connectivity index (χ0n) is 15.9. The lowest BCUT2D eigenvalue weighted by Gasteiger charge is -2.35. The molecule has 4 radical (unpaired) electrons. The Kier molecular flexibility index (Phi) is 6.33. The van der Waals surface area contributed by atoms with E-state index in [4.69, 9.17) is 8.23 Å². The van der Waals surface area contributed by atoms with Gasteiger partial charge < -0.3 is 8.23 Å². The van der Waals surface area contributed by atoms with Crippen molar-refractivity contribution < 1.29 is 8.23 Å². The van der Waals surface area contributed by atoms with Gasteiger partial charge in [0.15, 0.2) is 0 Å². The molecule has 0 heterocycles. The van der Waals surface area contributed by atoms with E-state index in [0.29, 0.717) is 0 Å². The van der Waals surface area contributed by atoms with Crippen LogP contribution in [-0.2, 0) is 8.23 Å². The van der Waals surface area contributed by atoms with Crippen LogP contribution in [0, 0.1) is 0 Å². The number of rotatable bonds is 7. The summed E-state index contributed by atoms with van der Waals surface area (Å²) in [6, 6.07) is 41.8. The normalized spacial score (nSPS) is 11.5. The summed E-state index contributed by atoms with van der Waals surface area (Å²) in [4.78, 5) is 0. The second kappa shape index (κ2) is 9.30. The van der Waals surface area contributed by atoms with Gasteiger partial charge in [-0.15, -0.1) is 0 Å². The van der Waals surface area contributed by atoms with Crippen LogP contribution >= 0.6 is 0 Å². The van der Waals surface area contributed by atoms with Crippen LogP contribution < -0.4 is 20.7 Å². The summed E-state index contributed by atoms with van der Waals surface area (Å²) in [7, 11) is -1.26. The first-order valence-electron chi connectivity index (χ1n) is 9.46. The fourth-order valence-corrected chi connectivity index (χ4v) is 11.0. The van der Waals surface area contributed by atoms with E-state index in [1.165, 1.54) is 15.6 Å². The fourth-order valence-electron chi connectivity index (χ4n) is 3.55. The van der Waals surface area contributed by atoms with Gasteiger partial charge in [0.1, 0.15) is 0 Å². The van der Waals surface area contributed by atoms with Gasteiger partial charge in [-0.3, -0.25) is 0 Å². The maximum Gasteiger partial charge on any atom is 0.402 e. The molecule has 0 bridgehead atoms. The van der Waals surface area contributed by atoms with Crippen LogP contribution in [-0.4, -0.2) is 28.1 Å². The van der Waals surface area contributed by atoms with E-state index in [1.54, 1.807) is 0 Å². The molecule has 4 aromatic carbocycles. The molecule has 0 saturated heterocycles. The van der Waals surface area contributed by atoms with Crippen molar-refractivity contribution in [2.75, 3.05) is 0 Å². The smallest absolute Gasteiger partial charge is 0.402 e. The standard InChI is InChI=1S/C24H20O2Si3/c27-25-28(21-13-5-1-6-14-21)26-29(22-15-7-2-8-16-22,23-17-9-3-10-18-23)24-19-11-4-12-20-24/h1-20H. The largest absolute Gasteiger partial charge is 0.433 e. The number of benzene rings is 4. The van der Waals surface area contributed by atoms with Gasteiger partial charge in [0.05, 0.1) is 0 Å². The third-order valence-electron chi connectivity index (χ3n) is 4.89. The van der Waals surface area contributed by atoms with E-state index < -0.39 is 17.6 Å². The molecule has 2 nitrogen and oxygen atoms in total. The summed E-state index contributed by atoms with van der Waals surface area (Å²) in [5.74, 6) is 0. The van der Waals surface area contributed by atoms with Crippen molar-refractivity contribution in [2.24, 2.45) is 0 Å². The van der Waals surface area contributed by atoms with E-state index in [9.17, 15) is 0 Å². The zero-order chi connectivity index (χ0) is 19.9. The van der Waals surface area contributed by atoms with Gasteiger partial charge >= 0.3 is 9.28 Å². The maximum absolute atomic E-state index is 7.10. The summed E-state index contributed by atoms with van der Waals surface area (Å²) in [6.45, 7) is 0. The van der Waals surface area contributed by atoms with Crippen LogP contribution in [0.15, 0.2) is 121 Å². The van der Waals surface area contributed by atoms with Gasteiger partial charge in [-0.2, -0.15) is 0 Å². The van der Waals surface area contributed by atoms with E-state index in [0.717, 1.165) is 5.19 Å². The molecule has 0 aliphatic heterocycles. The maximum atomic E-state index is 7.10. The molecule has 0 unspecified atom stereocenters. The first kappa shape index (κ1) is 19.8. The SMILES string of the molecule is [Si]O[Si](O[Si](c1ccccc1)(c1ccccc1)c1ccccc1)c1ccccc1. The predicted octanol–water partition coefficient (Wildman–Crippen LogP) is 2.17. The average Bonchev–Trinajstić information content (AvgIpc) is 2.82. The van der Waals surface area contributed by atoms with Crippen LogP contribution in [0.4, 0.5) is 0 Å². The van der Waals surface area contributed by atoms with Crippen LogP contribution in [0.3, 0.4) is 0 Å². The molecule has 0 spiro atoms. The molecule has 4 rings (SSSR count). The van der Waals surface area contributed by atoms with Gasteiger partial charge in [-0.05, 0) is 20.7 Å². The molecule has 0 aliphatic rings. The van der Waals surface area contributed by atoms with Gasteiger partial charge in [-0.25, -0.2) is 0 Å². The van der Waals surface area contributed by atoms with Crippen molar-refractivity contribution in [3.05, 3.63) is 121 Å².